The summed E-state index contributed by atoms with van der Waals surface area (Å²) in [6.45, 7) is 1.69. The van der Waals surface area contributed by atoms with Crippen LogP contribution in [0.3, 0.4) is 0 Å². The highest BCUT2D eigenvalue weighted by atomic mass is 16.2. The molecule has 1 aromatic rings. The first kappa shape index (κ1) is 8.57. The van der Waals surface area contributed by atoms with Gasteiger partial charge in [0.2, 0.25) is 0 Å². The van der Waals surface area contributed by atoms with E-state index in [-0.39, 0.29) is 6.61 Å². The first-order valence-corrected chi connectivity index (χ1v) is 3.57. The van der Waals surface area contributed by atoms with Crippen molar-refractivity contribution in [3.8, 4) is 11.8 Å². The Hall–Kier alpha value is -1.53. The quantitative estimate of drug-likeness (QED) is 0.540. The van der Waals surface area contributed by atoms with Gasteiger partial charge in [-0.2, -0.15) is 0 Å². The Kier molecular flexibility index (Phi) is 2.67. The van der Waals surface area contributed by atoms with E-state index in [1.165, 1.54) is 0 Å². The molecule has 0 bridgehead atoms. The van der Waals surface area contributed by atoms with E-state index in [1.54, 1.807) is 6.07 Å². The Morgan fingerprint density at radius 3 is 3.00 bits per heavy atom. The van der Waals surface area contributed by atoms with E-state index in [4.69, 9.17) is 10.8 Å². The largest absolute Gasteiger partial charge is 0.396 e. The van der Waals surface area contributed by atoms with Gasteiger partial charge in [-0.05, 0) is 25.0 Å². The molecule has 0 aliphatic heterocycles. The number of aromatic nitrogens is 1. The lowest BCUT2D eigenvalue weighted by atomic mass is 10.2. The molecule has 0 fully saturated rings. The Labute approximate surface area is 71.2 Å². The molecule has 12 heavy (non-hydrogen) atoms. The standard InChI is InChI=1S/C9H10N2O/c1-7-4-5-8(10)9(11-7)3-2-6-12/h4-5,12H,6,10H2,1H3. The fraction of sp³-hybridized carbons (Fsp3) is 0.222. The molecule has 1 rings (SSSR count). The molecule has 62 valence electrons. The Morgan fingerprint density at radius 1 is 1.58 bits per heavy atom. The van der Waals surface area contributed by atoms with Crippen LogP contribution in [0.25, 0.3) is 0 Å². The predicted octanol–water partition coefficient (Wildman–Crippen LogP) is 0.316. The highest BCUT2D eigenvalue weighted by Crippen LogP contribution is 2.07. The number of hydrogen-bond acceptors (Lipinski definition) is 3. The zero-order valence-electron chi connectivity index (χ0n) is 6.83. The molecule has 1 aromatic heterocycles. The summed E-state index contributed by atoms with van der Waals surface area (Å²) < 4.78 is 0. The second-order valence-corrected chi connectivity index (χ2v) is 2.35. The summed E-state index contributed by atoms with van der Waals surface area (Å²) in [7, 11) is 0. The van der Waals surface area contributed by atoms with Crippen LogP contribution in [0, 0.1) is 18.8 Å². The maximum Gasteiger partial charge on any atom is 0.136 e. The highest BCUT2D eigenvalue weighted by molar-refractivity contribution is 5.51. The summed E-state index contributed by atoms with van der Waals surface area (Å²) in [4.78, 5) is 4.10. The fourth-order valence-electron chi connectivity index (χ4n) is 0.791. The number of pyridine rings is 1. The Morgan fingerprint density at radius 2 is 2.33 bits per heavy atom. The van der Waals surface area contributed by atoms with Crippen LogP contribution in [-0.2, 0) is 0 Å². The lowest BCUT2D eigenvalue weighted by Crippen LogP contribution is -1.95. The van der Waals surface area contributed by atoms with Gasteiger partial charge in [0.1, 0.15) is 12.3 Å². The number of nitrogens with zero attached hydrogens (tertiary/aromatic N) is 1. The third kappa shape index (κ3) is 1.97. The van der Waals surface area contributed by atoms with Gasteiger partial charge >= 0.3 is 0 Å². The van der Waals surface area contributed by atoms with Crippen LogP contribution >= 0.6 is 0 Å². The summed E-state index contributed by atoms with van der Waals surface area (Å²) in [6, 6.07) is 3.57. The van der Waals surface area contributed by atoms with Crippen LogP contribution in [0.1, 0.15) is 11.4 Å². The van der Waals surface area contributed by atoms with Crippen molar-refractivity contribution in [2.24, 2.45) is 0 Å². The zero-order valence-corrected chi connectivity index (χ0v) is 6.83. The number of rotatable bonds is 0. The van der Waals surface area contributed by atoms with Gasteiger partial charge in [0.05, 0.1) is 5.69 Å². The average molecular weight is 162 g/mol. The van der Waals surface area contributed by atoms with Gasteiger partial charge in [0.25, 0.3) is 0 Å². The molecule has 0 saturated carbocycles. The van der Waals surface area contributed by atoms with Crippen LogP contribution in [0.4, 0.5) is 5.69 Å². The number of aryl methyl sites for hydroxylation is 1. The maximum absolute atomic E-state index is 8.45. The van der Waals surface area contributed by atoms with Crippen molar-refractivity contribution in [2.75, 3.05) is 12.3 Å². The molecule has 3 heteroatoms. The molecule has 0 unspecified atom stereocenters. The molecule has 0 radical (unpaired) electrons. The van der Waals surface area contributed by atoms with E-state index in [9.17, 15) is 0 Å². The van der Waals surface area contributed by atoms with Crippen LogP contribution in [0.5, 0.6) is 0 Å². The van der Waals surface area contributed by atoms with Crippen molar-refractivity contribution < 1.29 is 5.11 Å². The molecule has 0 saturated heterocycles. The van der Waals surface area contributed by atoms with Crippen molar-refractivity contribution in [2.45, 2.75) is 6.92 Å². The van der Waals surface area contributed by atoms with Gasteiger partial charge in [-0.3, -0.25) is 0 Å². The molecule has 0 aromatic carbocycles. The topological polar surface area (TPSA) is 59.1 Å². The van der Waals surface area contributed by atoms with Gasteiger partial charge in [-0.15, -0.1) is 0 Å². The van der Waals surface area contributed by atoms with Crippen molar-refractivity contribution in [1.82, 2.24) is 4.98 Å². The Balaban J connectivity index is 3.05. The summed E-state index contributed by atoms with van der Waals surface area (Å²) in [5, 5.41) is 8.45. The molecular weight excluding hydrogens is 152 g/mol. The number of nitrogens with two attached hydrogens (primary N) is 1. The van der Waals surface area contributed by atoms with Gasteiger partial charge in [0.15, 0.2) is 0 Å². The number of nitrogen functional groups attached to an aromatic ring is 1. The van der Waals surface area contributed by atoms with Gasteiger partial charge in [0, 0.05) is 5.69 Å². The van der Waals surface area contributed by atoms with Crippen molar-refractivity contribution in [3.63, 3.8) is 0 Å². The van der Waals surface area contributed by atoms with Gasteiger partial charge in [-0.25, -0.2) is 4.98 Å². The predicted molar refractivity (Wildman–Crippen MR) is 47.4 cm³/mol. The first-order chi connectivity index (χ1) is 5.74. The monoisotopic (exact) mass is 162 g/mol. The fourth-order valence-corrected chi connectivity index (χ4v) is 0.791. The minimum Gasteiger partial charge on any atom is -0.396 e. The van der Waals surface area contributed by atoms with Crippen molar-refractivity contribution >= 4 is 5.69 Å². The van der Waals surface area contributed by atoms with Gasteiger partial charge in [-0.1, -0.05) is 5.92 Å². The lowest BCUT2D eigenvalue weighted by molar-refractivity contribution is 0.350. The summed E-state index contributed by atoms with van der Waals surface area (Å²) in [5.41, 5.74) is 7.53. The molecule has 3 N–H and O–H groups in total. The number of anilines is 1. The van der Waals surface area contributed by atoms with E-state index in [1.807, 2.05) is 13.0 Å². The minimum absolute atomic E-state index is 0.172. The van der Waals surface area contributed by atoms with E-state index < -0.39 is 0 Å². The smallest absolute Gasteiger partial charge is 0.136 e. The van der Waals surface area contributed by atoms with E-state index in [0.29, 0.717) is 11.4 Å². The van der Waals surface area contributed by atoms with E-state index in [0.717, 1.165) is 5.69 Å². The molecule has 1 heterocycles. The number of aliphatic hydroxyl groups is 1. The number of aliphatic hydroxyl groups excluding tert-OH is 1. The first-order valence-electron chi connectivity index (χ1n) is 3.57. The lowest BCUT2D eigenvalue weighted by Gasteiger charge is -1.97. The molecule has 0 atom stereocenters. The van der Waals surface area contributed by atoms with Crippen LogP contribution in [0.2, 0.25) is 0 Å². The second-order valence-electron chi connectivity index (χ2n) is 2.35. The van der Waals surface area contributed by atoms with Crippen LogP contribution in [-0.4, -0.2) is 16.7 Å². The molecular formula is C9H10N2O. The summed E-state index contributed by atoms with van der Waals surface area (Å²) in [6.07, 6.45) is 0. The number of hydrogen-bond donors (Lipinski definition) is 2. The molecule has 3 nitrogen and oxygen atoms in total. The molecule has 0 aliphatic rings. The minimum atomic E-state index is -0.172. The average Bonchev–Trinajstić information content (AvgIpc) is 2.07. The third-order valence-corrected chi connectivity index (χ3v) is 1.35. The molecule has 0 spiro atoms. The normalized spacial score (nSPS) is 8.83. The molecule has 0 aliphatic carbocycles. The van der Waals surface area contributed by atoms with Crippen molar-refractivity contribution in [1.29, 1.82) is 0 Å². The zero-order chi connectivity index (χ0) is 8.97. The van der Waals surface area contributed by atoms with E-state index in [2.05, 4.69) is 16.8 Å². The van der Waals surface area contributed by atoms with E-state index >= 15 is 0 Å². The second kappa shape index (κ2) is 3.74. The van der Waals surface area contributed by atoms with Crippen LogP contribution in [0.15, 0.2) is 12.1 Å². The SMILES string of the molecule is Cc1ccc(N)c(C#CCO)n1. The summed E-state index contributed by atoms with van der Waals surface area (Å²) in [5.74, 6) is 5.16. The van der Waals surface area contributed by atoms with Crippen LogP contribution < -0.4 is 5.73 Å². The maximum atomic E-state index is 8.45. The highest BCUT2D eigenvalue weighted by Gasteiger charge is 1.95. The van der Waals surface area contributed by atoms with Crippen molar-refractivity contribution in [3.05, 3.63) is 23.5 Å². The third-order valence-electron chi connectivity index (χ3n) is 1.35. The van der Waals surface area contributed by atoms with Gasteiger partial charge < -0.3 is 10.8 Å². The summed E-state index contributed by atoms with van der Waals surface area (Å²) >= 11 is 0. The molecule has 0 amide bonds. The Bertz CT molecular complexity index is 336.